The first-order valence-corrected chi connectivity index (χ1v) is 8.91. The quantitative estimate of drug-likeness (QED) is 0.519. The minimum Gasteiger partial charge on any atom is -0.382 e. The van der Waals surface area contributed by atoms with Gasteiger partial charge in [-0.1, -0.05) is 5.16 Å². The fourth-order valence-corrected chi connectivity index (χ4v) is 3.25. The molecule has 152 valence electrons. The fourth-order valence-electron chi connectivity index (χ4n) is 3.25. The number of amides is 2. The van der Waals surface area contributed by atoms with Crippen molar-refractivity contribution in [2.24, 2.45) is 12.2 Å². The molecule has 0 spiro atoms. The summed E-state index contributed by atoms with van der Waals surface area (Å²) < 4.78 is 1.17. The maximum atomic E-state index is 12.6. The van der Waals surface area contributed by atoms with Crippen molar-refractivity contribution in [1.82, 2.24) is 24.9 Å². The van der Waals surface area contributed by atoms with Crippen LogP contribution in [0.2, 0.25) is 0 Å². The number of nitro groups is 1. The summed E-state index contributed by atoms with van der Waals surface area (Å²) in [6.07, 6.45) is -0.0834. The van der Waals surface area contributed by atoms with Crippen molar-refractivity contribution in [3.8, 4) is 0 Å². The van der Waals surface area contributed by atoms with E-state index in [1.165, 1.54) is 11.7 Å². The second-order valence-corrected chi connectivity index (χ2v) is 7.02. The first-order valence-electron chi connectivity index (χ1n) is 8.91. The van der Waals surface area contributed by atoms with Crippen molar-refractivity contribution in [1.29, 1.82) is 0 Å². The second-order valence-electron chi connectivity index (χ2n) is 7.02. The highest BCUT2D eigenvalue weighted by molar-refractivity contribution is 5.93. The highest BCUT2D eigenvalue weighted by Crippen LogP contribution is 2.16. The van der Waals surface area contributed by atoms with Gasteiger partial charge in [0.05, 0.1) is 23.9 Å². The molecular formula is C16H23N7O5. The summed E-state index contributed by atoms with van der Waals surface area (Å²) in [4.78, 5) is 44.1. The number of carbonyl (C=O) groups is 2. The van der Waals surface area contributed by atoms with Gasteiger partial charge in [-0.05, 0) is 18.9 Å². The second kappa shape index (κ2) is 7.92. The van der Waals surface area contributed by atoms with Crippen LogP contribution in [0.1, 0.15) is 23.8 Å². The number of likely N-dealkylation sites (N-methyl/N-ethyl adjacent to an activating group) is 1. The van der Waals surface area contributed by atoms with E-state index in [0.717, 1.165) is 11.8 Å². The number of hydrogen-bond acceptors (Lipinski definition) is 8. The number of piperazine rings is 1. The smallest absolute Gasteiger partial charge is 0.382 e. The van der Waals surface area contributed by atoms with E-state index < -0.39 is 16.9 Å². The van der Waals surface area contributed by atoms with Gasteiger partial charge < -0.3 is 25.2 Å². The van der Waals surface area contributed by atoms with Crippen molar-refractivity contribution in [2.75, 3.05) is 33.2 Å². The molecule has 0 aromatic carbocycles. The average Bonchev–Trinajstić information content (AvgIpc) is 3.26. The Morgan fingerprint density at radius 3 is 2.75 bits per heavy atom. The summed E-state index contributed by atoms with van der Waals surface area (Å²) in [5, 5.41) is 21.1. The Kier molecular flexibility index (Phi) is 5.58. The number of rotatable bonds is 5. The summed E-state index contributed by atoms with van der Waals surface area (Å²) in [7, 11) is 3.40. The lowest BCUT2D eigenvalue weighted by Crippen LogP contribution is -2.58. The Balaban J connectivity index is 1.57. The third-order valence-corrected chi connectivity index (χ3v) is 4.97. The van der Waals surface area contributed by atoms with Gasteiger partial charge in [-0.25, -0.2) is 0 Å². The molecule has 2 amide bonds. The minimum absolute atomic E-state index is 0.0896. The zero-order chi connectivity index (χ0) is 20.4. The lowest BCUT2D eigenvalue weighted by Gasteiger charge is -2.40. The van der Waals surface area contributed by atoms with Crippen LogP contribution in [-0.2, 0) is 16.7 Å². The topological polar surface area (TPSA) is 135 Å². The highest BCUT2D eigenvalue weighted by atomic mass is 16.6. The molecule has 12 heteroatoms. The zero-order valence-electron chi connectivity index (χ0n) is 16.0. The van der Waals surface area contributed by atoms with Crippen LogP contribution in [0.25, 0.3) is 0 Å². The molecule has 1 fully saturated rings. The van der Waals surface area contributed by atoms with Gasteiger partial charge in [0.2, 0.25) is 6.10 Å². The molecule has 0 aliphatic carbocycles. The van der Waals surface area contributed by atoms with Crippen LogP contribution in [-0.4, -0.2) is 87.4 Å². The molecule has 0 saturated carbocycles. The molecule has 1 aromatic heterocycles. The molecule has 0 radical (unpaired) electrons. The van der Waals surface area contributed by atoms with Crippen molar-refractivity contribution in [2.45, 2.75) is 25.5 Å². The molecular weight excluding hydrogens is 370 g/mol. The van der Waals surface area contributed by atoms with E-state index in [1.807, 2.05) is 14.0 Å². The van der Waals surface area contributed by atoms with E-state index in [1.54, 1.807) is 4.90 Å². The number of hydrogen-bond donors (Lipinski definition) is 1. The summed E-state index contributed by atoms with van der Waals surface area (Å²) in [6, 6.07) is 1.04. The van der Waals surface area contributed by atoms with Crippen molar-refractivity contribution in [3.05, 3.63) is 21.9 Å². The number of nitrogens with one attached hydrogen (secondary N) is 1. The lowest BCUT2D eigenvalue weighted by atomic mass is 10.1. The first-order chi connectivity index (χ1) is 13.3. The van der Waals surface area contributed by atoms with E-state index >= 15 is 0 Å². The number of oxime groups is 1. The van der Waals surface area contributed by atoms with Crippen molar-refractivity contribution >= 4 is 23.3 Å². The number of carbonyl (C=O) groups excluding carboxylic acids is 2. The molecule has 1 aromatic rings. The number of nitrogens with zero attached hydrogens (tertiary/aromatic N) is 6. The summed E-state index contributed by atoms with van der Waals surface area (Å²) in [6.45, 7) is 3.79. The fraction of sp³-hybridized carbons (Fsp3) is 0.625. The van der Waals surface area contributed by atoms with Gasteiger partial charge in [0.25, 0.3) is 11.8 Å². The molecule has 1 N–H and O–H groups in total. The highest BCUT2D eigenvalue weighted by Gasteiger charge is 2.35. The van der Waals surface area contributed by atoms with Gasteiger partial charge in [-0.15, -0.1) is 0 Å². The maximum Gasteiger partial charge on any atom is 0.390 e. The third-order valence-electron chi connectivity index (χ3n) is 4.97. The summed E-state index contributed by atoms with van der Waals surface area (Å²) >= 11 is 0. The summed E-state index contributed by atoms with van der Waals surface area (Å²) in [5.74, 6) is -0.941. The predicted octanol–water partition coefficient (Wildman–Crippen LogP) is -0.634. The van der Waals surface area contributed by atoms with Gasteiger partial charge >= 0.3 is 5.82 Å². The van der Waals surface area contributed by atoms with E-state index in [0.29, 0.717) is 32.6 Å². The van der Waals surface area contributed by atoms with Gasteiger partial charge in [-0.2, -0.15) is 4.68 Å². The Morgan fingerprint density at radius 2 is 2.14 bits per heavy atom. The molecule has 2 aliphatic rings. The van der Waals surface area contributed by atoms with E-state index in [9.17, 15) is 19.7 Å². The monoisotopic (exact) mass is 393 g/mol. The largest absolute Gasteiger partial charge is 0.390 e. The Labute approximate surface area is 161 Å². The van der Waals surface area contributed by atoms with E-state index in [4.69, 9.17) is 4.84 Å². The van der Waals surface area contributed by atoms with Crippen LogP contribution < -0.4 is 5.32 Å². The van der Waals surface area contributed by atoms with Crippen LogP contribution in [0.4, 0.5) is 5.82 Å². The van der Waals surface area contributed by atoms with Crippen molar-refractivity contribution in [3.63, 3.8) is 0 Å². The third kappa shape index (κ3) is 4.11. The average molecular weight is 393 g/mol. The van der Waals surface area contributed by atoms with Gasteiger partial charge in [0.1, 0.15) is 0 Å². The van der Waals surface area contributed by atoms with Gasteiger partial charge in [-0.3, -0.25) is 14.5 Å². The standard InChI is InChI=1S/C16H23N7O5/c1-10-6-13(28-19-10)16(25)22-5-4-20(2)11(9-22)8-17-15(24)12-7-14(23(26)27)18-21(12)3/h7,11,13H,4-6,8-9H2,1-3H3,(H,17,24). The number of aryl methyl sites for hydroxylation is 1. The summed E-state index contributed by atoms with van der Waals surface area (Å²) in [5.41, 5.74) is 0.895. The van der Waals surface area contributed by atoms with E-state index in [2.05, 4.69) is 20.5 Å². The predicted molar refractivity (Wildman–Crippen MR) is 97.8 cm³/mol. The molecule has 1 saturated heterocycles. The Bertz CT molecular complexity index is 820. The molecule has 3 heterocycles. The van der Waals surface area contributed by atoms with Crippen molar-refractivity contribution < 1.29 is 19.3 Å². The number of aromatic nitrogens is 2. The van der Waals surface area contributed by atoms with Crippen LogP contribution in [0.3, 0.4) is 0 Å². The molecule has 2 unspecified atom stereocenters. The Morgan fingerprint density at radius 1 is 1.39 bits per heavy atom. The van der Waals surface area contributed by atoms with Gasteiger partial charge in [0, 0.05) is 38.6 Å². The maximum absolute atomic E-state index is 12.6. The molecule has 2 atom stereocenters. The van der Waals surface area contributed by atoms with Crippen LogP contribution in [0, 0.1) is 10.1 Å². The molecule has 2 aliphatic heterocycles. The first kappa shape index (κ1) is 19.7. The Hall–Kier alpha value is -3.02. The van der Waals surface area contributed by atoms with Crippen LogP contribution in [0.5, 0.6) is 0 Å². The van der Waals surface area contributed by atoms with Crippen LogP contribution >= 0.6 is 0 Å². The van der Waals surface area contributed by atoms with E-state index in [-0.39, 0.29) is 23.5 Å². The van der Waals surface area contributed by atoms with Gasteiger partial charge in [0.15, 0.2) is 5.69 Å². The molecule has 28 heavy (non-hydrogen) atoms. The zero-order valence-corrected chi connectivity index (χ0v) is 16.0. The van der Waals surface area contributed by atoms with Crippen LogP contribution in [0.15, 0.2) is 11.2 Å². The molecule has 0 bridgehead atoms. The minimum atomic E-state index is -0.647. The molecule has 12 nitrogen and oxygen atoms in total. The SMILES string of the molecule is CC1=NOC(C(=O)N2CCN(C)C(CNC(=O)c3cc([N+](=O)[O-])nn3C)C2)C1. The normalized spacial score (nSPS) is 22.5. The lowest BCUT2D eigenvalue weighted by molar-refractivity contribution is -0.389. The molecule has 3 rings (SSSR count).